The molecule has 0 amide bonds. The number of rotatable bonds is 18. The molecule has 0 saturated heterocycles. The van der Waals surface area contributed by atoms with Crippen LogP contribution in [-0.4, -0.2) is 40.9 Å². The van der Waals surface area contributed by atoms with E-state index in [0.29, 0.717) is 35.7 Å². The van der Waals surface area contributed by atoms with Crippen LogP contribution in [-0.2, 0) is 20.0 Å². The molecule has 5 N–H and O–H groups in total. The number of primary sulfonamides is 2. The first-order valence-corrected chi connectivity index (χ1v) is 20.8. The number of nitrogens with two attached hydrogens (primary N) is 2. The molecule has 0 aromatic heterocycles. The number of halogens is 2. The third-order valence-corrected chi connectivity index (χ3v) is 10.7. The van der Waals surface area contributed by atoms with E-state index in [1.165, 1.54) is 56.0 Å². The Balaban J connectivity index is 0.000000280. The van der Waals surface area contributed by atoms with Gasteiger partial charge >= 0.3 is 0 Å². The summed E-state index contributed by atoms with van der Waals surface area (Å²) < 4.78 is 57.6. The van der Waals surface area contributed by atoms with Crippen LogP contribution in [0.1, 0.15) is 98.4 Å². The largest absolute Gasteiger partial charge is 0.494 e. The number of ether oxygens (including phenoxy) is 2. The van der Waals surface area contributed by atoms with Gasteiger partial charge < -0.3 is 14.6 Å². The minimum Gasteiger partial charge on any atom is -0.494 e. The molecular weight excluding hydrogens is 747 g/mol. The maximum absolute atomic E-state index is 12.6. The Bertz CT molecular complexity index is 1970. The SMILES string of the molecule is CCCCCCOc1ccc(C(=O)c2ccc(Cl)c(S(N)(=O)=O)c2)cc1.CCCCCCOc1ccc(C(O)c2ccc(Cl)c(S(N)(=O)=O)c2)cc1. The molecule has 0 aliphatic carbocycles. The van der Waals surface area contributed by atoms with E-state index in [1.807, 2.05) is 0 Å². The van der Waals surface area contributed by atoms with E-state index in [0.717, 1.165) is 31.4 Å². The van der Waals surface area contributed by atoms with Crippen LogP contribution in [0.25, 0.3) is 0 Å². The van der Waals surface area contributed by atoms with Crippen molar-refractivity contribution in [2.45, 2.75) is 81.1 Å². The van der Waals surface area contributed by atoms with Crippen molar-refractivity contribution in [3.05, 3.63) is 117 Å². The van der Waals surface area contributed by atoms with Crippen LogP contribution in [0.5, 0.6) is 11.5 Å². The van der Waals surface area contributed by atoms with Crippen LogP contribution in [0.2, 0.25) is 10.0 Å². The third kappa shape index (κ3) is 13.5. The summed E-state index contributed by atoms with van der Waals surface area (Å²) in [4.78, 5) is 12.1. The number of aliphatic hydroxyl groups excluding tert-OH is 1. The van der Waals surface area contributed by atoms with Crippen molar-refractivity contribution in [1.29, 1.82) is 0 Å². The van der Waals surface area contributed by atoms with Gasteiger partial charge in [0.25, 0.3) is 0 Å². The average molecular weight is 794 g/mol. The topological polar surface area (TPSA) is 176 Å². The van der Waals surface area contributed by atoms with Crippen molar-refractivity contribution >= 4 is 49.0 Å². The van der Waals surface area contributed by atoms with E-state index in [1.54, 1.807) is 54.6 Å². The fourth-order valence-electron chi connectivity index (χ4n) is 5.02. The molecule has 0 fully saturated rings. The number of hydrogen-bond acceptors (Lipinski definition) is 8. The maximum atomic E-state index is 12.6. The lowest BCUT2D eigenvalue weighted by atomic mass is 10.0. The second kappa shape index (κ2) is 20.7. The summed E-state index contributed by atoms with van der Waals surface area (Å²) in [6.07, 6.45) is 8.06. The predicted molar refractivity (Wildman–Crippen MR) is 205 cm³/mol. The summed E-state index contributed by atoms with van der Waals surface area (Å²) in [5.74, 6) is 1.11. The first kappa shape index (κ1) is 42.9. The first-order chi connectivity index (χ1) is 24.6. The van der Waals surface area contributed by atoms with Crippen molar-refractivity contribution in [1.82, 2.24) is 0 Å². The van der Waals surface area contributed by atoms with Crippen LogP contribution in [0.3, 0.4) is 0 Å². The Kier molecular flexibility index (Phi) is 17.1. The molecule has 4 aromatic rings. The number of sulfonamides is 2. The normalized spacial score (nSPS) is 12.1. The lowest BCUT2D eigenvalue weighted by Crippen LogP contribution is -2.14. The molecule has 0 saturated carbocycles. The molecule has 282 valence electrons. The third-order valence-electron chi connectivity index (χ3n) is 7.92. The van der Waals surface area contributed by atoms with Gasteiger partial charge in [0.05, 0.1) is 23.3 Å². The van der Waals surface area contributed by atoms with Gasteiger partial charge in [0, 0.05) is 11.1 Å². The molecule has 0 aliphatic rings. The van der Waals surface area contributed by atoms with Gasteiger partial charge in [-0.15, -0.1) is 0 Å². The molecule has 0 bridgehead atoms. The molecule has 1 unspecified atom stereocenters. The van der Waals surface area contributed by atoms with Gasteiger partial charge in [-0.3, -0.25) is 4.79 Å². The number of unbranched alkanes of at least 4 members (excludes halogenated alkanes) is 6. The molecule has 0 heterocycles. The second-order valence-electron chi connectivity index (χ2n) is 12.1. The van der Waals surface area contributed by atoms with E-state index in [4.69, 9.17) is 43.0 Å². The maximum Gasteiger partial charge on any atom is 0.239 e. The molecule has 10 nitrogen and oxygen atoms in total. The number of ketones is 1. The minimum atomic E-state index is -4.00. The van der Waals surface area contributed by atoms with Crippen molar-refractivity contribution in [2.24, 2.45) is 10.3 Å². The fraction of sp³-hybridized carbons (Fsp3) is 0.342. The Labute approximate surface area is 317 Å². The summed E-state index contributed by atoms with van der Waals surface area (Å²) in [7, 11) is -7.96. The average Bonchev–Trinajstić information content (AvgIpc) is 3.11. The zero-order valence-corrected chi connectivity index (χ0v) is 32.4. The Morgan fingerprint density at radius 2 is 1.04 bits per heavy atom. The fourth-order valence-corrected chi connectivity index (χ4v) is 7.17. The molecule has 0 spiro atoms. The van der Waals surface area contributed by atoms with Crippen LogP contribution in [0.4, 0.5) is 0 Å². The van der Waals surface area contributed by atoms with Gasteiger partial charge in [-0.2, -0.15) is 0 Å². The van der Waals surface area contributed by atoms with Gasteiger partial charge in [0.15, 0.2) is 5.78 Å². The van der Waals surface area contributed by atoms with Gasteiger partial charge in [0.2, 0.25) is 20.0 Å². The monoisotopic (exact) mass is 792 g/mol. The highest BCUT2D eigenvalue weighted by Gasteiger charge is 2.19. The molecular formula is C38H46Cl2N2O8S2. The smallest absolute Gasteiger partial charge is 0.239 e. The quantitative estimate of drug-likeness (QED) is 0.0667. The molecule has 0 aliphatic heterocycles. The molecule has 4 rings (SSSR count). The zero-order chi connectivity index (χ0) is 38.3. The summed E-state index contributed by atoms with van der Waals surface area (Å²) >= 11 is 11.7. The summed E-state index contributed by atoms with van der Waals surface area (Å²) in [6, 6.07) is 22.1. The lowest BCUT2D eigenvalue weighted by molar-refractivity contribution is 0.103. The lowest BCUT2D eigenvalue weighted by Gasteiger charge is -2.14. The van der Waals surface area contributed by atoms with Crippen molar-refractivity contribution in [3.8, 4) is 11.5 Å². The standard InChI is InChI=1S/C19H24ClNO4S.C19H22ClNO4S/c2*1-2-3-4-5-12-25-16-9-6-14(7-10-16)19(22)15-8-11-17(20)18(13-15)26(21,23)24/h6-11,13,19,22H,2-5,12H2,1H3,(H2,21,23,24);6-11,13H,2-5,12H2,1H3,(H2,21,23,24). The highest BCUT2D eigenvalue weighted by Crippen LogP contribution is 2.29. The van der Waals surface area contributed by atoms with E-state index in [-0.39, 0.29) is 31.2 Å². The zero-order valence-electron chi connectivity index (χ0n) is 29.3. The number of aliphatic hydroxyl groups is 1. The van der Waals surface area contributed by atoms with Crippen molar-refractivity contribution < 1.29 is 36.2 Å². The number of carbonyl (C=O) groups excluding carboxylic acids is 1. The highest BCUT2D eigenvalue weighted by atomic mass is 35.5. The molecule has 14 heteroatoms. The first-order valence-electron chi connectivity index (χ1n) is 17.0. The number of carbonyl (C=O) groups is 1. The number of benzene rings is 4. The van der Waals surface area contributed by atoms with Gasteiger partial charge in [0.1, 0.15) is 27.4 Å². The summed E-state index contributed by atoms with van der Waals surface area (Å²) in [5.41, 5.74) is 1.63. The van der Waals surface area contributed by atoms with Crippen molar-refractivity contribution in [3.63, 3.8) is 0 Å². The van der Waals surface area contributed by atoms with Crippen LogP contribution in [0, 0.1) is 0 Å². The van der Waals surface area contributed by atoms with Crippen molar-refractivity contribution in [2.75, 3.05) is 13.2 Å². The Morgan fingerprint density at radius 3 is 1.52 bits per heavy atom. The van der Waals surface area contributed by atoms with E-state index in [2.05, 4.69) is 13.8 Å². The minimum absolute atomic E-state index is 0.0177. The van der Waals surface area contributed by atoms with Crippen LogP contribution >= 0.6 is 23.2 Å². The number of hydrogen-bond donors (Lipinski definition) is 3. The molecule has 52 heavy (non-hydrogen) atoms. The Hall–Kier alpha value is -3.49. The predicted octanol–water partition coefficient (Wildman–Crippen LogP) is 8.21. The Morgan fingerprint density at radius 1 is 0.615 bits per heavy atom. The van der Waals surface area contributed by atoms with E-state index < -0.39 is 26.2 Å². The van der Waals surface area contributed by atoms with Gasteiger partial charge in [-0.25, -0.2) is 27.1 Å². The molecule has 1 atom stereocenters. The van der Waals surface area contributed by atoms with Gasteiger partial charge in [-0.05, 0) is 90.7 Å². The highest BCUT2D eigenvalue weighted by molar-refractivity contribution is 7.89. The van der Waals surface area contributed by atoms with E-state index >= 15 is 0 Å². The summed E-state index contributed by atoms with van der Waals surface area (Å²) in [6.45, 7) is 5.62. The second-order valence-corrected chi connectivity index (χ2v) is 15.9. The molecule has 0 radical (unpaired) electrons. The van der Waals surface area contributed by atoms with Crippen LogP contribution in [0.15, 0.2) is 94.7 Å². The van der Waals surface area contributed by atoms with Crippen LogP contribution < -0.4 is 19.8 Å². The van der Waals surface area contributed by atoms with Gasteiger partial charge in [-0.1, -0.05) is 93.8 Å². The van der Waals surface area contributed by atoms with E-state index in [9.17, 15) is 26.7 Å². The summed E-state index contributed by atoms with van der Waals surface area (Å²) in [5, 5.41) is 20.8. The molecule has 4 aromatic carbocycles.